The highest BCUT2D eigenvalue weighted by molar-refractivity contribution is 8.03. The first-order chi connectivity index (χ1) is 18.6. The van der Waals surface area contributed by atoms with Gasteiger partial charge in [0.15, 0.2) is 0 Å². The summed E-state index contributed by atoms with van der Waals surface area (Å²) in [5.74, 6) is 0.707. The van der Waals surface area contributed by atoms with E-state index in [2.05, 4.69) is 96.5 Å². The molecule has 0 spiro atoms. The highest BCUT2D eigenvalue weighted by Crippen LogP contribution is 2.48. The Hall–Kier alpha value is -1.86. The molecular formula is C32H35N2S4+. The highest BCUT2D eigenvalue weighted by Gasteiger charge is 2.27. The SMILES string of the molecule is CCN1/C(=C/C2=CC3=C/C(=C/c4sc5cc(SC)ccc5[n+]4CC)CCC3CC2)Sc2cc(SC)ccc21. The Morgan fingerprint density at radius 1 is 0.974 bits per heavy atom. The van der Waals surface area contributed by atoms with Crippen molar-refractivity contribution in [1.29, 1.82) is 0 Å². The maximum absolute atomic E-state index is 2.50. The van der Waals surface area contributed by atoms with Crippen LogP contribution in [0.3, 0.4) is 0 Å². The summed E-state index contributed by atoms with van der Waals surface area (Å²) in [5.41, 5.74) is 7.19. The van der Waals surface area contributed by atoms with Crippen molar-refractivity contribution in [2.24, 2.45) is 5.92 Å². The number of thioether (sulfide) groups is 3. The molecule has 6 heteroatoms. The van der Waals surface area contributed by atoms with Gasteiger partial charge in [-0.05, 0) is 111 Å². The van der Waals surface area contributed by atoms with Crippen molar-refractivity contribution in [3.05, 3.63) is 81.4 Å². The van der Waals surface area contributed by atoms with E-state index >= 15 is 0 Å². The smallest absolute Gasteiger partial charge is 0.263 e. The monoisotopic (exact) mass is 575 g/mol. The number of aryl methyl sites for hydroxylation is 1. The lowest BCUT2D eigenvalue weighted by molar-refractivity contribution is -0.665. The summed E-state index contributed by atoms with van der Waals surface area (Å²) in [6.45, 7) is 6.52. The van der Waals surface area contributed by atoms with Gasteiger partial charge in [-0.1, -0.05) is 35.3 Å². The molecule has 3 aromatic rings. The largest absolute Gasteiger partial charge is 0.335 e. The third-order valence-electron chi connectivity index (χ3n) is 7.87. The van der Waals surface area contributed by atoms with Gasteiger partial charge in [0.1, 0.15) is 11.2 Å². The van der Waals surface area contributed by atoms with Crippen molar-refractivity contribution in [3.8, 4) is 0 Å². The van der Waals surface area contributed by atoms with Crippen LogP contribution in [0.2, 0.25) is 0 Å². The van der Waals surface area contributed by atoms with Gasteiger partial charge in [-0.3, -0.25) is 0 Å². The van der Waals surface area contributed by atoms with Crippen LogP contribution in [0.5, 0.6) is 0 Å². The summed E-state index contributed by atoms with van der Waals surface area (Å²) in [5, 5.41) is 2.74. The first kappa shape index (κ1) is 26.4. The molecule has 2 nitrogen and oxygen atoms in total. The quantitative estimate of drug-likeness (QED) is 0.213. The van der Waals surface area contributed by atoms with Gasteiger partial charge < -0.3 is 4.90 Å². The molecule has 1 atom stereocenters. The molecule has 2 aliphatic carbocycles. The minimum absolute atomic E-state index is 0.707. The Kier molecular flexibility index (Phi) is 7.86. The predicted molar refractivity (Wildman–Crippen MR) is 171 cm³/mol. The average molecular weight is 576 g/mol. The van der Waals surface area contributed by atoms with Crippen LogP contribution in [0.4, 0.5) is 5.69 Å². The molecule has 0 saturated heterocycles. The molecule has 6 rings (SSSR count). The molecule has 1 aromatic heterocycles. The van der Waals surface area contributed by atoms with Gasteiger partial charge in [-0.2, -0.15) is 4.57 Å². The fourth-order valence-electron chi connectivity index (χ4n) is 5.85. The fraction of sp³-hybridized carbons (Fsp3) is 0.344. The standard InChI is InChI=1S/C32H35N2S4/c1-5-33-27-13-11-25(35-3)19-29(27)37-31(33)17-21-7-9-23-10-8-22(16-24(23)15-21)18-32-34(6-2)28-14-12-26(36-4)20-30(28)38-32/h11-20,23H,5-10H2,1-4H3/q+1. The van der Waals surface area contributed by atoms with Crippen LogP contribution < -0.4 is 9.47 Å². The lowest BCUT2D eigenvalue weighted by atomic mass is 9.77. The third kappa shape index (κ3) is 5.05. The van der Waals surface area contributed by atoms with E-state index in [0.29, 0.717) is 5.92 Å². The van der Waals surface area contributed by atoms with Crippen LogP contribution >= 0.6 is 46.6 Å². The molecule has 3 aliphatic rings. The second-order valence-corrected chi connectivity index (χ2v) is 13.9. The Morgan fingerprint density at radius 2 is 1.76 bits per heavy atom. The number of anilines is 1. The molecule has 0 fully saturated rings. The average Bonchev–Trinajstić information content (AvgIpc) is 3.47. The van der Waals surface area contributed by atoms with Crippen LogP contribution in [0.1, 0.15) is 44.5 Å². The zero-order valence-corrected chi connectivity index (χ0v) is 25.9. The van der Waals surface area contributed by atoms with E-state index in [1.807, 2.05) is 46.6 Å². The van der Waals surface area contributed by atoms with E-state index < -0.39 is 0 Å². The molecule has 0 saturated carbocycles. The summed E-state index contributed by atoms with van der Waals surface area (Å²) in [6, 6.07) is 13.8. The van der Waals surface area contributed by atoms with Gasteiger partial charge in [-0.25, -0.2) is 0 Å². The number of fused-ring (bicyclic) bond motifs is 3. The Labute approximate surface area is 244 Å². The first-order valence-electron chi connectivity index (χ1n) is 13.6. The fourth-order valence-corrected chi connectivity index (χ4v) is 9.36. The summed E-state index contributed by atoms with van der Waals surface area (Å²) >= 11 is 7.51. The van der Waals surface area contributed by atoms with Gasteiger partial charge >= 0.3 is 0 Å². The minimum Gasteiger partial charge on any atom is -0.335 e. The number of hydrogen-bond donors (Lipinski definition) is 0. The topological polar surface area (TPSA) is 7.12 Å². The molecule has 0 amide bonds. The van der Waals surface area contributed by atoms with Gasteiger partial charge in [0.05, 0.1) is 10.7 Å². The number of allylic oxidation sites excluding steroid dienone is 6. The van der Waals surface area contributed by atoms with Gasteiger partial charge in [0.2, 0.25) is 5.52 Å². The van der Waals surface area contributed by atoms with Gasteiger partial charge in [-0.15, -0.1) is 23.5 Å². The van der Waals surface area contributed by atoms with E-state index in [0.717, 1.165) is 13.1 Å². The number of thiazole rings is 1. The lowest BCUT2D eigenvalue weighted by Gasteiger charge is -2.28. The maximum Gasteiger partial charge on any atom is 0.263 e. The van der Waals surface area contributed by atoms with Crippen LogP contribution in [0, 0.1) is 5.92 Å². The highest BCUT2D eigenvalue weighted by atomic mass is 32.2. The van der Waals surface area contributed by atoms with Gasteiger partial charge in [0, 0.05) is 33.4 Å². The van der Waals surface area contributed by atoms with Crippen LogP contribution in [-0.4, -0.2) is 19.1 Å². The van der Waals surface area contributed by atoms with Crippen molar-refractivity contribution in [1.82, 2.24) is 0 Å². The lowest BCUT2D eigenvalue weighted by Crippen LogP contribution is -2.33. The van der Waals surface area contributed by atoms with Crippen LogP contribution in [0.25, 0.3) is 16.3 Å². The predicted octanol–water partition coefficient (Wildman–Crippen LogP) is 9.57. The second kappa shape index (κ2) is 11.3. The second-order valence-electron chi connectivity index (χ2n) is 10.0. The molecule has 2 aromatic carbocycles. The van der Waals surface area contributed by atoms with Crippen molar-refractivity contribution in [2.45, 2.75) is 60.8 Å². The summed E-state index contributed by atoms with van der Waals surface area (Å²) in [7, 11) is 0. The van der Waals surface area contributed by atoms with E-state index in [1.165, 1.54) is 83.0 Å². The molecule has 1 unspecified atom stereocenters. The number of hydrogen-bond acceptors (Lipinski definition) is 5. The van der Waals surface area contributed by atoms with E-state index in [9.17, 15) is 0 Å². The molecule has 196 valence electrons. The summed E-state index contributed by atoms with van der Waals surface area (Å²) in [6.07, 6.45) is 19.1. The van der Waals surface area contributed by atoms with Crippen molar-refractivity contribution >= 4 is 68.6 Å². The third-order valence-corrected chi connectivity index (χ3v) is 11.5. The molecule has 0 bridgehead atoms. The summed E-state index contributed by atoms with van der Waals surface area (Å²) < 4.78 is 3.86. The molecule has 0 radical (unpaired) electrons. The molecular weight excluding hydrogens is 541 g/mol. The van der Waals surface area contributed by atoms with E-state index in [1.54, 1.807) is 0 Å². The van der Waals surface area contributed by atoms with Gasteiger partial charge in [0.25, 0.3) is 5.01 Å². The maximum atomic E-state index is 2.50. The van der Waals surface area contributed by atoms with Crippen molar-refractivity contribution in [3.63, 3.8) is 0 Å². The number of nitrogens with zero attached hydrogens (tertiary/aromatic N) is 2. The summed E-state index contributed by atoms with van der Waals surface area (Å²) in [4.78, 5) is 6.55. The molecule has 0 N–H and O–H groups in total. The molecule has 1 aliphatic heterocycles. The Balaban J connectivity index is 1.30. The molecule has 2 heterocycles. The van der Waals surface area contributed by atoms with Crippen LogP contribution in [-0.2, 0) is 6.54 Å². The van der Waals surface area contributed by atoms with Crippen molar-refractivity contribution < 1.29 is 4.57 Å². The minimum atomic E-state index is 0.707. The van der Waals surface area contributed by atoms with Crippen LogP contribution in [0.15, 0.2) is 91.1 Å². The van der Waals surface area contributed by atoms with E-state index in [-0.39, 0.29) is 0 Å². The zero-order chi connectivity index (χ0) is 26.2. The number of rotatable bonds is 6. The van der Waals surface area contributed by atoms with Crippen molar-refractivity contribution in [2.75, 3.05) is 24.0 Å². The molecule has 38 heavy (non-hydrogen) atoms. The number of benzene rings is 2. The number of aromatic nitrogens is 1. The Bertz CT molecular complexity index is 1510. The Morgan fingerprint density at radius 3 is 2.55 bits per heavy atom. The normalized spacial score (nSPS) is 21.2. The zero-order valence-electron chi connectivity index (χ0n) is 22.6. The first-order valence-corrected chi connectivity index (χ1v) is 17.7. The van der Waals surface area contributed by atoms with E-state index in [4.69, 9.17) is 0 Å².